The highest BCUT2D eigenvalue weighted by Crippen LogP contribution is 2.23. The van der Waals surface area contributed by atoms with Crippen LogP contribution in [-0.4, -0.2) is 34.2 Å². The summed E-state index contributed by atoms with van der Waals surface area (Å²) in [4.78, 5) is 6.62. The zero-order chi connectivity index (χ0) is 9.97. The average Bonchev–Trinajstić information content (AvgIpc) is 2.65. The van der Waals surface area contributed by atoms with Crippen molar-refractivity contribution in [3.63, 3.8) is 0 Å². The molecule has 1 aromatic heterocycles. The molecule has 1 aromatic rings. The van der Waals surface area contributed by atoms with E-state index in [1.807, 2.05) is 6.92 Å². The summed E-state index contributed by atoms with van der Waals surface area (Å²) in [5.74, 6) is 1.34. The van der Waals surface area contributed by atoms with Gasteiger partial charge in [-0.15, -0.1) is 0 Å². The number of aliphatic hydroxyl groups excluding tert-OH is 1. The van der Waals surface area contributed by atoms with Gasteiger partial charge in [-0.1, -0.05) is 0 Å². The van der Waals surface area contributed by atoms with E-state index < -0.39 is 0 Å². The highest BCUT2D eigenvalue weighted by Gasteiger charge is 2.20. The molecule has 1 aliphatic rings. The zero-order valence-electron chi connectivity index (χ0n) is 8.31. The van der Waals surface area contributed by atoms with Crippen LogP contribution in [0.2, 0.25) is 0 Å². The van der Waals surface area contributed by atoms with Crippen molar-refractivity contribution in [2.45, 2.75) is 19.8 Å². The second-order valence-corrected chi connectivity index (χ2v) is 4.47. The van der Waals surface area contributed by atoms with E-state index in [1.54, 1.807) is 0 Å². The Hall–Kier alpha value is -0.680. The molecule has 1 aliphatic heterocycles. The maximum absolute atomic E-state index is 9.01. The summed E-state index contributed by atoms with van der Waals surface area (Å²) in [7, 11) is 0. The summed E-state index contributed by atoms with van der Waals surface area (Å²) in [5.41, 5.74) is 0. The van der Waals surface area contributed by atoms with E-state index in [1.165, 1.54) is 11.5 Å². The number of hydrogen-bond acceptors (Lipinski definition) is 5. The Morgan fingerprint density at radius 1 is 1.50 bits per heavy atom. The topological polar surface area (TPSA) is 49.2 Å². The van der Waals surface area contributed by atoms with E-state index in [4.69, 9.17) is 5.11 Å². The molecule has 0 aromatic carbocycles. The largest absolute Gasteiger partial charge is 0.396 e. The number of piperidine rings is 1. The maximum Gasteiger partial charge on any atom is 0.205 e. The van der Waals surface area contributed by atoms with Gasteiger partial charge in [-0.25, -0.2) is 4.98 Å². The van der Waals surface area contributed by atoms with Gasteiger partial charge in [0.1, 0.15) is 5.82 Å². The van der Waals surface area contributed by atoms with Gasteiger partial charge in [0.05, 0.1) is 0 Å². The number of rotatable bonds is 2. The van der Waals surface area contributed by atoms with Crippen molar-refractivity contribution in [2.24, 2.45) is 5.92 Å². The van der Waals surface area contributed by atoms with Crippen molar-refractivity contribution in [3.05, 3.63) is 5.82 Å². The highest BCUT2D eigenvalue weighted by molar-refractivity contribution is 7.09. The Morgan fingerprint density at radius 2 is 2.21 bits per heavy atom. The predicted octanol–water partition coefficient (Wildman–Crippen LogP) is 1.06. The predicted molar refractivity (Wildman–Crippen MR) is 56.7 cm³/mol. The molecule has 14 heavy (non-hydrogen) atoms. The van der Waals surface area contributed by atoms with Gasteiger partial charge >= 0.3 is 0 Å². The van der Waals surface area contributed by atoms with Crippen LogP contribution in [0.5, 0.6) is 0 Å². The van der Waals surface area contributed by atoms with Crippen LogP contribution < -0.4 is 4.90 Å². The first-order valence-corrected chi connectivity index (χ1v) is 5.73. The lowest BCUT2D eigenvalue weighted by Gasteiger charge is -2.30. The van der Waals surface area contributed by atoms with E-state index in [2.05, 4.69) is 14.3 Å². The van der Waals surface area contributed by atoms with Crippen molar-refractivity contribution in [1.82, 2.24) is 9.36 Å². The molecule has 0 bridgehead atoms. The van der Waals surface area contributed by atoms with Crippen LogP contribution >= 0.6 is 11.5 Å². The van der Waals surface area contributed by atoms with Gasteiger partial charge in [0.2, 0.25) is 5.13 Å². The second-order valence-electron chi connectivity index (χ2n) is 3.74. The standard InChI is InChI=1S/C9H15N3OS/c1-7-10-9(14-11-7)12-4-2-8(6-13)3-5-12/h8,13H,2-6H2,1H3. The Kier molecular flexibility index (Phi) is 2.98. The number of aryl methyl sites for hydroxylation is 1. The van der Waals surface area contributed by atoms with Crippen LogP contribution in [0.4, 0.5) is 5.13 Å². The Balaban J connectivity index is 1.95. The minimum absolute atomic E-state index is 0.322. The molecule has 0 spiro atoms. The van der Waals surface area contributed by atoms with Crippen molar-refractivity contribution in [2.75, 3.05) is 24.6 Å². The van der Waals surface area contributed by atoms with Crippen LogP contribution in [0.25, 0.3) is 0 Å². The third kappa shape index (κ3) is 2.04. The molecule has 2 heterocycles. The SMILES string of the molecule is Cc1nsc(N2CCC(CO)CC2)n1. The molecule has 4 nitrogen and oxygen atoms in total. The van der Waals surface area contributed by atoms with E-state index in [0.717, 1.165) is 36.9 Å². The molecule has 0 unspecified atom stereocenters. The number of aliphatic hydroxyl groups is 1. The van der Waals surface area contributed by atoms with Crippen LogP contribution in [0.15, 0.2) is 0 Å². The third-order valence-electron chi connectivity index (χ3n) is 2.66. The summed E-state index contributed by atoms with van der Waals surface area (Å²) in [6.45, 7) is 4.24. The first-order chi connectivity index (χ1) is 6.79. The quantitative estimate of drug-likeness (QED) is 0.798. The van der Waals surface area contributed by atoms with Crippen LogP contribution in [0.3, 0.4) is 0 Å². The minimum atomic E-state index is 0.322. The molecule has 0 saturated carbocycles. The van der Waals surface area contributed by atoms with Crippen molar-refractivity contribution in [3.8, 4) is 0 Å². The minimum Gasteiger partial charge on any atom is -0.396 e. The first kappa shape index (κ1) is 9.86. The second kappa shape index (κ2) is 4.23. The van der Waals surface area contributed by atoms with Gasteiger partial charge in [0, 0.05) is 31.2 Å². The number of nitrogens with zero attached hydrogens (tertiary/aromatic N) is 3. The van der Waals surface area contributed by atoms with E-state index >= 15 is 0 Å². The fraction of sp³-hybridized carbons (Fsp3) is 0.778. The fourth-order valence-corrected chi connectivity index (χ4v) is 2.45. The molecule has 1 fully saturated rings. The Labute approximate surface area is 87.8 Å². The third-order valence-corrected chi connectivity index (χ3v) is 3.53. The number of aromatic nitrogens is 2. The smallest absolute Gasteiger partial charge is 0.205 e. The van der Waals surface area contributed by atoms with Gasteiger partial charge in [-0.2, -0.15) is 4.37 Å². The normalized spacial score (nSPS) is 18.9. The van der Waals surface area contributed by atoms with Crippen LogP contribution in [-0.2, 0) is 0 Å². The summed E-state index contributed by atoms with van der Waals surface area (Å²) >= 11 is 1.47. The zero-order valence-corrected chi connectivity index (χ0v) is 9.13. The van der Waals surface area contributed by atoms with Crippen molar-refractivity contribution in [1.29, 1.82) is 0 Å². The van der Waals surface area contributed by atoms with E-state index in [-0.39, 0.29) is 0 Å². The molecule has 0 atom stereocenters. The number of hydrogen-bond donors (Lipinski definition) is 1. The summed E-state index contributed by atoms with van der Waals surface area (Å²) in [5, 5.41) is 10.0. The van der Waals surface area contributed by atoms with Gasteiger partial charge in [-0.05, 0) is 25.7 Å². The molecule has 78 valence electrons. The molecular weight excluding hydrogens is 198 g/mol. The lowest BCUT2D eigenvalue weighted by molar-refractivity contribution is 0.203. The average molecular weight is 213 g/mol. The molecule has 1 N–H and O–H groups in total. The van der Waals surface area contributed by atoms with E-state index in [0.29, 0.717) is 12.5 Å². The lowest BCUT2D eigenvalue weighted by atomic mass is 9.98. The Bertz CT molecular complexity index is 294. The van der Waals surface area contributed by atoms with Crippen LogP contribution in [0, 0.1) is 12.8 Å². The molecule has 0 amide bonds. The Morgan fingerprint density at radius 3 is 2.71 bits per heavy atom. The fourth-order valence-electron chi connectivity index (χ4n) is 1.72. The summed E-state index contributed by atoms with van der Waals surface area (Å²) in [6.07, 6.45) is 2.13. The first-order valence-electron chi connectivity index (χ1n) is 4.95. The molecule has 5 heteroatoms. The highest BCUT2D eigenvalue weighted by atomic mass is 32.1. The summed E-state index contributed by atoms with van der Waals surface area (Å²) < 4.78 is 4.17. The maximum atomic E-state index is 9.01. The van der Waals surface area contributed by atoms with Crippen molar-refractivity contribution >= 4 is 16.7 Å². The van der Waals surface area contributed by atoms with Gasteiger partial charge in [0.25, 0.3) is 0 Å². The summed E-state index contributed by atoms with van der Waals surface area (Å²) in [6, 6.07) is 0. The molecule has 0 radical (unpaired) electrons. The molecule has 1 saturated heterocycles. The van der Waals surface area contributed by atoms with Crippen molar-refractivity contribution < 1.29 is 5.11 Å². The molecular formula is C9H15N3OS. The van der Waals surface area contributed by atoms with Gasteiger partial charge in [0.15, 0.2) is 0 Å². The van der Waals surface area contributed by atoms with E-state index in [9.17, 15) is 0 Å². The van der Waals surface area contributed by atoms with Gasteiger partial charge < -0.3 is 10.0 Å². The van der Waals surface area contributed by atoms with Gasteiger partial charge in [-0.3, -0.25) is 0 Å². The lowest BCUT2D eigenvalue weighted by Crippen LogP contribution is -2.34. The molecule has 0 aliphatic carbocycles. The van der Waals surface area contributed by atoms with Crippen LogP contribution in [0.1, 0.15) is 18.7 Å². The molecule has 2 rings (SSSR count). The number of anilines is 1. The monoisotopic (exact) mass is 213 g/mol.